The molecule has 0 saturated carbocycles. The number of anilines is 1. The smallest absolute Gasteiger partial charge is 0.245 e. The number of hydrogen-bond donors (Lipinski definition) is 2. The van der Waals surface area contributed by atoms with Crippen LogP contribution in [0.4, 0.5) is 10.1 Å². The van der Waals surface area contributed by atoms with E-state index in [0.29, 0.717) is 15.7 Å². The fraction of sp³-hybridized carbons (Fsp3) is 0.133. The summed E-state index contributed by atoms with van der Waals surface area (Å²) in [4.78, 5) is 12.1. The molecule has 1 atom stereocenters. The molecule has 0 radical (unpaired) electrons. The van der Waals surface area contributed by atoms with Crippen LogP contribution in [0, 0.1) is 12.7 Å². The number of nitrogens with two attached hydrogens (primary N) is 1. The van der Waals surface area contributed by atoms with E-state index in [1.807, 2.05) is 19.1 Å². The van der Waals surface area contributed by atoms with E-state index < -0.39 is 11.9 Å². The van der Waals surface area contributed by atoms with Crippen LogP contribution in [0.2, 0.25) is 0 Å². The molecule has 0 heterocycles. The summed E-state index contributed by atoms with van der Waals surface area (Å²) < 4.78 is 13.8. The Kier molecular flexibility index (Phi) is 4.52. The number of benzene rings is 2. The highest BCUT2D eigenvalue weighted by Crippen LogP contribution is 2.24. The first kappa shape index (κ1) is 14.7. The highest BCUT2D eigenvalue weighted by atomic mass is 79.9. The van der Waals surface area contributed by atoms with Gasteiger partial charge in [0, 0.05) is 4.47 Å². The Morgan fingerprint density at radius 3 is 2.55 bits per heavy atom. The zero-order valence-corrected chi connectivity index (χ0v) is 12.4. The molecule has 1 amide bonds. The maximum Gasteiger partial charge on any atom is 0.245 e. The maximum absolute atomic E-state index is 13.2. The van der Waals surface area contributed by atoms with Gasteiger partial charge in [0.1, 0.15) is 11.9 Å². The molecule has 0 aromatic heterocycles. The van der Waals surface area contributed by atoms with Crippen molar-refractivity contribution >= 4 is 27.5 Å². The van der Waals surface area contributed by atoms with Crippen molar-refractivity contribution in [1.29, 1.82) is 0 Å². The number of halogens is 2. The van der Waals surface area contributed by atoms with E-state index in [0.717, 1.165) is 5.56 Å². The zero-order valence-electron chi connectivity index (χ0n) is 10.9. The molecule has 0 spiro atoms. The summed E-state index contributed by atoms with van der Waals surface area (Å²) in [6.07, 6.45) is 0. The van der Waals surface area contributed by atoms with Gasteiger partial charge >= 0.3 is 0 Å². The Balaban J connectivity index is 2.15. The summed E-state index contributed by atoms with van der Waals surface area (Å²) in [5, 5.41) is 2.61. The number of aryl methyl sites for hydroxylation is 1. The fourth-order valence-corrected chi connectivity index (χ4v) is 2.07. The van der Waals surface area contributed by atoms with Crippen molar-refractivity contribution in [3.05, 3.63) is 63.9 Å². The van der Waals surface area contributed by atoms with E-state index in [2.05, 4.69) is 21.2 Å². The lowest BCUT2D eigenvalue weighted by Crippen LogP contribution is -2.27. The number of carbonyl (C=O) groups excluding carboxylic acids is 1. The molecule has 0 aliphatic carbocycles. The predicted molar refractivity (Wildman–Crippen MR) is 80.8 cm³/mol. The van der Waals surface area contributed by atoms with Crippen molar-refractivity contribution in [1.82, 2.24) is 0 Å². The number of hydrogen-bond acceptors (Lipinski definition) is 2. The average molecular weight is 337 g/mol. The van der Waals surface area contributed by atoms with Crippen LogP contribution in [0.15, 0.2) is 46.9 Å². The first-order chi connectivity index (χ1) is 9.47. The first-order valence-electron chi connectivity index (χ1n) is 6.05. The van der Waals surface area contributed by atoms with Gasteiger partial charge in [-0.15, -0.1) is 0 Å². The lowest BCUT2D eigenvalue weighted by Gasteiger charge is -2.14. The third kappa shape index (κ3) is 3.43. The molecular formula is C15H14BrFN2O. The molecule has 5 heteroatoms. The molecule has 0 aliphatic heterocycles. The molecule has 0 saturated heterocycles. The quantitative estimate of drug-likeness (QED) is 0.900. The van der Waals surface area contributed by atoms with Gasteiger partial charge in [-0.25, -0.2) is 4.39 Å². The Morgan fingerprint density at radius 2 is 1.90 bits per heavy atom. The van der Waals surface area contributed by atoms with Gasteiger partial charge in [0.2, 0.25) is 5.91 Å². The Hall–Kier alpha value is -1.72. The molecule has 3 nitrogen and oxygen atoms in total. The van der Waals surface area contributed by atoms with Gasteiger partial charge in [0.05, 0.1) is 5.69 Å². The fourth-order valence-electron chi connectivity index (χ4n) is 1.73. The number of carbonyl (C=O) groups is 1. The van der Waals surface area contributed by atoms with E-state index in [1.165, 1.54) is 18.2 Å². The van der Waals surface area contributed by atoms with Crippen molar-refractivity contribution in [2.75, 3.05) is 5.32 Å². The molecule has 2 aromatic rings. The van der Waals surface area contributed by atoms with Crippen LogP contribution in [0.3, 0.4) is 0 Å². The predicted octanol–water partition coefficient (Wildman–Crippen LogP) is 3.54. The highest BCUT2D eigenvalue weighted by Gasteiger charge is 2.17. The summed E-state index contributed by atoms with van der Waals surface area (Å²) in [6, 6.07) is 10.7. The van der Waals surface area contributed by atoms with Gasteiger partial charge in [-0.05, 0) is 46.6 Å². The molecule has 1 unspecified atom stereocenters. The maximum atomic E-state index is 13.2. The zero-order chi connectivity index (χ0) is 14.7. The van der Waals surface area contributed by atoms with E-state index >= 15 is 0 Å². The molecule has 0 aliphatic rings. The van der Waals surface area contributed by atoms with E-state index in [1.54, 1.807) is 12.1 Å². The second-order valence-corrected chi connectivity index (χ2v) is 5.36. The van der Waals surface area contributed by atoms with Crippen molar-refractivity contribution < 1.29 is 9.18 Å². The molecule has 2 aromatic carbocycles. The van der Waals surface area contributed by atoms with E-state index in [-0.39, 0.29) is 5.91 Å². The van der Waals surface area contributed by atoms with Crippen LogP contribution >= 0.6 is 15.9 Å². The minimum Gasteiger partial charge on any atom is -0.323 e. The van der Waals surface area contributed by atoms with Crippen LogP contribution in [0.1, 0.15) is 17.2 Å². The minimum absolute atomic E-state index is 0.359. The Labute approximate surface area is 125 Å². The first-order valence-corrected chi connectivity index (χ1v) is 6.85. The van der Waals surface area contributed by atoms with Crippen LogP contribution in [0.25, 0.3) is 0 Å². The average Bonchev–Trinajstić information content (AvgIpc) is 2.43. The van der Waals surface area contributed by atoms with Crippen molar-refractivity contribution in [3.63, 3.8) is 0 Å². The summed E-state index contributed by atoms with van der Waals surface area (Å²) in [6.45, 7) is 1.96. The monoisotopic (exact) mass is 336 g/mol. The highest BCUT2D eigenvalue weighted by molar-refractivity contribution is 9.10. The molecule has 104 valence electrons. The Morgan fingerprint density at radius 1 is 1.25 bits per heavy atom. The largest absolute Gasteiger partial charge is 0.323 e. The summed E-state index contributed by atoms with van der Waals surface area (Å²) in [5.41, 5.74) is 8.06. The lowest BCUT2D eigenvalue weighted by molar-refractivity contribution is -0.117. The van der Waals surface area contributed by atoms with Crippen LogP contribution < -0.4 is 11.1 Å². The molecule has 2 rings (SSSR count). The molecule has 20 heavy (non-hydrogen) atoms. The third-order valence-corrected chi connectivity index (χ3v) is 3.60. The molecule has 0 bridgehead atoms. The number of nitrogens with one attached hydrogen (secondary N) is 1. The van der Waals surface area contributed by atoms with Crippen LogP contribution in [0.5, 0.6) is 0 Å². The van der Waals surface area contributed by atoms with Gasteiger partial charge in [-0.1, -0.05) is 29.8 Å². The van der Waals surface area contributed by atoms with Gasteiger partial charge in [0.15, 0.2) is 0 Å². The summed E-state index contributed by atoms with van der Waals surface area (Å²) >= 11 is 3.25. The normalized spacial score (nSPS) is 12.0. The van der Waals surface area contributed by atoms with Gasteiger partial charge < -0.3 is 11.1 Å². The van der Waals surface area contributed by atoms with Crippen molar-refractivity contribution in [2.24, 2.45) is 5.73 Å². The minimum atomic E-state index is -0.800. The topological polar surface area (TPSA) is 55.1 Å². The second-order valence-electron chi connectivity index (χ2n) is 4.50. The molecular weight excluding hydrogens is 323 g/mol. The number of rotatable bonds is 3. The van der Waals surface area contributed by atoms with Gasteiger partial charge in [-0.2, -0.15) is 0 Å². The van der Waals surface area contributed by atoms with E-state index in [4.69, 9.17) is 5.73 Å². The summed E-state index contributed by atoms with van der Waals surface area (Å²) in [7, 11) is 0. The Bertz CT molecular complexity index is 628. The lowest BCUT2D eigenvalue weighted by atomic mass is 10.1. The van der Waals surface area contributed by atoms with Crippen LogP contribution in [-0.2, 0) is 4.79 Å². The molecule has 3 N–H and O–H groups in total. The van der Waals surface area contributed by atoms with Gasteiger partial charge in [-0.3, -0.25) is 4.79 Å². The standard InChI is InChI=1S/C15H14BrFN2O/c1-9-2-4-10(5-3-9)14(18)15(20)19-13-8-11(17)6-7-12(13)16/h2-8,14H,18H2,1H3,(H,19,20). The van der Waals surface area contributed by atoms with Crippen LogP contribution in [-0.4, -0.2) is 5.91 Å². The number of amides is 1. The summed E-state index contributed by atoms with van der Waals surface area (Å²) in [5.74, 6) is -0.812. The third-order valence-electron chi connectivity index (χ3n) is 2.91. The van der Waals surface area contributed by atoms with Crippen molar-refractivity contribution in [2.45, 2.75) is 13.0 Å². The van der Waals surface area contributed by atoms with Crippen molar-refractivity contribution in [3.8, 4) is 0 Å². The SMILES string of the molecule is Cc1ccc(C(N)C(=O)Nc2cc(F)ccc2Br)cc1. The van der Waals surface area contributed by atoms with Gasteiger partial charge in [0.25, 0.3) is 0 Å². The molecule has 0 fully saturated rings. The second kappa shape index (κ2) is 6.15. The van der Waals surface area contributed by atoms with E-state index in [9.17, 15) is 9.18 Å².